The molecular formula is C22H34. The van der Waals surface area contributed by atoms with Crippen LogP contribution >= 0.6 is 0 Å². The van der Waals surface area contributed by atoms with Gasteiger partial charge in [-0.3, -0.25) is 0 Å². The second-order valence-electron chi connectivity index (χ2n) is 9.50. The van der Waals surface area contributed by atoms with Gasteiger partial charge in [-0.1, -0.05) is 52.3 Å². The summed E-state index contributed by atoms with van der Waals surface area (Å²) in [7, 11) is 0. The monoisotopic (exact) mass is 298 g/mol. The Bertz CT molecular complexity index is 500. The number of fused-ring (bicyclic) bond motifs is 5. The molecule has 0 aromatic heterocycles. The van der Waals surface area contributed by atoms with Crippen LogP contribution in [0, 0.1) is 40.4 Å². The molecule has 4 aliphatic carbocycles. The summed E-state index contributed by atoms with van der Waals surface area (Å²) in [5.74, 6) is 4.84. The van der Waals surface area contributed by atoms with E-state index in [0.29, 0.717) is 10.8 Å². The van der Waals surface area contributed by atoms with E-state index in [4.69, 9.17) is 0 Å². The van der Waals surface area contributed by atoms with Gasteiger partial charge < -0.3 is 0 Å². The van der Waals surface area contributed by atoms with Gasteiger partial charge in [0.05, 0.1) is 0 Å². The van der Waals surface area contributed by atoms with Crippen LogP contribution in [0.25, 0.3) is 0 Å². The molecule has 0 aliphatic heterocycles. The second kappa shape index (κ2) is 4.99. The highest BCUT2D eigenvalue weighted by atomic mass is 14.6. The summed E-state index contributed by atoms with van der Waals surface area (Å²) in [4.78, 5) is 0. The largest absolute Gasteiger partial charge is 0.0988 e. The Morgan fingerprint density at radius 1 is 1.09 bits per heavy atom. The molecule has 3 saturated carbocycles. The van der Waals surface area contributed by atoms with E-state index >= 15 is 0 Å². The molecule has 122 valence electrons. The fourth-order valence-electron chi connectivity index (χ4n) is 7.73. The van der Waals surface area contributed by atoms with Gasteiger partial charge in [-0.15, -0.1) is 0 Å². The van der Waals surface area contributed by atoms with Crippen LogP contribution in [0.3, 0.4) is 0 Å². The van der Waals surface area contributed by atoms with Gasteiger partial charge in [0.1, 0.15) is 0 Å². The molecule has 4 aliphatic rings. The third-order valence-corrected chi connectivity index (χ3v) is 8.80. The van der Waals surface area contributed by atoms with E-state index in [2.05, 4.69) is 39.5 Å². The van der Waals surface area contributed by atoms with Crippen LogP contribution in [0.15, 0.2) is 24.3 Å². The van der Waals surface area contributed by atoms with Crippen molar-refractivity contribution in [2.45, 2.75) is 72.1 Å². The lowest BCUT2D eigenvalue weighted by molar-refractivity contribution is -0.121. The molecule has 0 spiro atoms. The molecule has 0 aromatic rings. The average molecular weight is 299 g/mol. The highest BCUT2D eigenvalue weighted by Crippen LogP contribution is 2.67. The first-order chi connectivity index (χ1) is 10.5. The molecular weight excluding hydrogens is 264 g/mol. The lowest BCUT2D eigenvalue weighted by Gasteiger charge is -2.62. The Labute approximate surface area is 137 Å². The van der Waals surface area contributed by atoms with E-state index in [1.54, 1.807) is 5.57 Å². The molecule has 0 aromatic carbocycles. The van der Waals surface area contributed by atoms with E-state index in [1.165, 1.54) is 51.4 Å². The first-order valence-electron chi connectivity index (χ1n) is 9.84. The summed E-state index contributed by atoms with van der Waals surface area (Å²) in [6.07, 6.45) is 16.4. The Hall–Kier alpha value is -0.520. The normalized spacial score (nSPS) is 54.0. The molecule has 7 atom stereocenters. The number of rotatable bonds is 1. The molecule has 0 amide bonds. The Kier molecular flexibility index (Phi) is 3.41. The summed E-state index contributed by atoms with van der Waals surface area (Å²) in [5.41, 5.74) is 2.67. The average Bonchev–Trinajstić information content (AvgIpc) is 2.84. The Morgan fingerprint density at radius 3 is 2.68 bits per heavy atom. The fraction of sp³-hybridized carbons (Fsp3) is 0.818. The van der Waals surface area contributed by atoms with E-state index in [-0.39, 0.29) is 0 Å². The first-order valence-corrected chi connectivity index (χ1v) is 9.84. The van der Waals surface area contributed by atoms with Crippen LogP contribution in [0.5, 0.6) is 0 Å². The van der Waals surface area contributed by atoms with Crippen molar-refractivity contribution in [3.05, 3.63) is 24.3 Å². The van der Waals surface area contributed by atoms with Crippen molar-refractivity contribution in [1.29, 1.82) is 0 Å². The zero-order valence-electron chi connectivity index (χ0n) is 14.9. The molecule has 0 N–H and O–H groups in total. The summed E-state index contributed by atoms with van der Waals surface area (Å²) < 4.78 is 0. The Morgan fingerprint density at radius 2 is 1.91 bits per heavy atom. The first kappa shape index (κ1) is 15.0. The summed E-state index contributed by atoms with van der Waals surface area (Å²) >= 11 is 0. The predicted octanol–water partition coefficient (Wildman–Crippen LogP) is 6.39. The minimum Gasteiger partial charge on any atom is -0.0988 e. The number of allylic oxidation sites excluding steroid dienone is 3. The van der Waals surface area contributed by atoms with Gasteiger partial charge in [0.25, 0.3) is 0 Å². The van der Waals surface area contributed by atoms with Gasteiger partial charge in [-0.05, 0) is 84.5 Å². The maximum absolute atomic E-state index is 4.11. The fourth-order valence-corrected chi connectivity index (χ4v) is 7.73. The standard InChI is InChI=1S/C22H34/c1-5-16-9-10-19-17-14-15(2)18-8-6-7-12-22(18,4)20(17)11-13-21(16,19)3/h5,9,15,17-20H,1,6-8,10-14H2,2-4H3/t15?,17-,18?,19-,20-,21+,22-/m0/s1. The van der Waals surface area contributed by atoms with Crippen LogP contribution in [0.2, 0.25) is 0 Å². The van der Waals surface area contributed by atoms with Crippen molar-refractivity contribution in [3.63, 3.8) is 0 Å². The van der Waals surface area contributed by atoms with Gasteiger partial charge in [-0.2, -0.15) is 0 Å². The van der Waals surface area contributed by atoms with Crippen molar-refractivity contribution in [3.8, 4) is 0 Å². The molecule has 0 radical (unpaired) electrons. The predicted molar refractivity (Wildman–Crippen MR) is 94.6 cm³/mol. The molecule has 2 unspecified atom stereocenters. The molecule has 0 bridgehead atoms. The SMILES string of the molecule is C=CC1=CC[C@H]2[C@@H]3CC(C)C4CCCC[C@]4(C)[C@H]3CC[C@]12C. The quantitative estimate of drug-likeness (QED) is 0.526. The zero-order valence-corrected chi connectivity index (χ0v) is 14.9. The summed E-state index contributed by atoms with van der Waals surface area (Å²) in [5, 5.41) is 0. The maximum atomic E-state index is 4.11. The van der Waals surface area contributed by atoms with E-state index in [1.807, 2.05) is 0 Å². The van der Waals surface area contributed by atoms with Crippen molar-refractivity contribution < 1.29 is 0 Å². The van der Waals surface area contributed by atoms with Crippen molar-refractivity contribution >= 4 is 0 Å². The second-order valence-corrected chi connectivity index (χ2v) is 9.50. The van der Waals surface area contributed by atoms with Crippen LogP contribution < -0.4 is 0 Å². The van der Waals surface area contributed by atoms with Crippen LogP contribution in [-0.2, 0) is 0 Å². The van der Waals surface area contributed by atoms with Crippen molar-refractivity contribution in [2.75, 3.05) is 0 Å². The molecule has 0 heteroatoms. The lowest BCUT2D eigenvalue weighted by atomic mass is 9.43. The lowest BCUT2D eigenvalue weighted by Crippen LogP contribution is -2.54. The van der Waals surface area contributed by atoms with Crippen molar-refractivity contribution in [1.82, 2.24) is 0 Å². The molecule has 0 nitrogen and oxygen atoms in total. The highest BCUT2D eigenvalue weighted by molar-refractivity contribution is 5.32. The van der Waals surface area contributed by atoms with Gasteiger partial charge in [0, 0.05) is 0 Å². The minimum atomic E-state index is 0.445. The van der Waals surface area contributed by atoms with Gasteiger partial charge in [-0.25, -0.2) is 0 Å². The van der Waals surface area contributed by atoms with Crippen molar-refractivity contribution in [2.24, 2.45) is 40.4 Å². The number of hydrogen-bond acceptors (Lipinski definition) is 0. The minimum absolute atomic E-state index is 0.445. The van der Waals surface area contributed by atoms with Crippen LogP contribution in [-0.4, -0.2) is 0 Å². The third-order valence-electron chi connectivity index (χ3n) is 8.80. The van der Waals surface area contributed by atoms with Gasteiger partial charge >= 0.3 is 0 Å². The Balaban J connectivity index is 1.68. The smallest absolute Gasteiger partial charge is 0.00446 e. The van der Waals surface area contributed by atoms with E-state index in [0.717, 1.165) is 29.6 Å². The molecule has 4 rings (SSSR count). The summed E-state index contributed by atoms with van der Waals surface area (Å²) in [6.45, 7) is 11.9. The topological polar surface area (TPSA) is 0 Å². The summed E-state index contributed by atoms with van der Waals surface area (Å²) in [6, 6.07) is 0. The molecule has 22 heavy (non-hydrogen) atoms. The van der Waals surface area contributed by atoms with E-state index < -0.39 is 0 Å². The van der Waals surface area contributed by atoms with E-state index in [9.17, 15) is 0 Å². The third kappa shape index (κ3) is 1.82. The molecule has 0 heterocycles. The number of hydrogen-bond donors (Lipinski definition) is 0. The van der Waals surface area contributed by atoms with Crippen LogP contribution in [0.4, 0.5) is 0 Å². The zero-order chi connectivity index (χ0) is 15.5. The highest BCUT2D eigenvalue weighted by Gasteiger charge is 2.58. The molecule has 0 saturated heterocycles. The molecule has 3 fully saturated rings. The van der Waals surface area contributed by atoms with Crippen LogP contribution in [0.1, 0.15) is 72.1 Å². The van der Waals surface area contributed by atoms with Gasteiger partial charge in [0.2, 0.25) is 0 Å². The van der Waals surface area contributed by atoms with Gasteiger partial charge in [0.15, 0.2) is 0 Å². The maximum Gasteiger partial charge on any atom is -0.00446 e.